The number of hydrogen-bond acceptors (Lipinski definition) is 7. The van der Waals surface area contributed by atoms with E-state index in [1.807, 2.05) is 24.4 Å². The zero-order valence-electron chi connectivity index (χ0n) is 15.9. The Bertz CT molecular complexity index is 683. The first kappa shape index (κ1) is 18.3. The molecule has 0 radical (unpaired) electrons. The van der Waals surface area contributed by atoms with Crippen molar-refractivity contribution in [3.05, 3.63) is 36.5 Å². The van der Waals surface area contributed by atoms with E-state index in [4.69, 9.17) is 4.74 Å². The summed E-state index contributed by atoms with van der Waals surface area (Å²) in [6.07, 6.45) is 1.83. The lowest BCUT2D eigenvalue weighted by Gasteiger charge is -2.36. The van der Waals surface area contributed by atoms with E-state index in [0.717, 1.165) is 56.8 Å². The molecule has 0 amide bonds. The highest BCUT2D eigenvalue weighted by Gasteiger charge is 2.19. The van der Waals surface area contributed by atoms with Crippen molar-refractivity contribution in [1.82, 2.24) is 14.9 Å². The number of anilines is 3. The molecule has 0 unspecified atom stereocenters. The Kier molecular flexibility index (Phi) is 6.12. The minimum absolute atomic E-state index is 0.800. The summed E-state index contributed by atoms with van der Waals surface area (Å²) in [6.45, 7) is 5.57. The van der Waals surface area contributed by atoms with E-state index in [1.165, 1.54) is 5.69 Å². The smallest absolute Gasteiger partial charge is 0.227 e. The van der Waals surface area contributed by atoms with Crippen molar-refractivity contribution >= 4 is 17.5 Å². The third-order valence-electron chi connectivity index (χ3n) is 4.51. The van der Waals surface area contributed by atoms with E-state index in [1.54, 1.807) is 7.11 Å². The Hall–Kier alpha value is -2.54. The maximum atomic E-state index is 5.23. The fourth-order valence-electron chi connectivity index (χ4n) is 2.96. The predicted molar refractivity (Wildman–Crippen MR) is 106 cm³/mol. The Morgan fingerprint density at radius 2 is 1.73 bits per heavy atom. The molecule has 1 aromatic heterocycles. The van der Waals surface area contributed by atoms with Crippen LogP contribution in [0.5, 0.6) is 5.75 Å². The van der Waals surface area contributed by atoms with E-state index in [0.29, 0.717) is 0 Å². The summed E-state index contributed by atoms with van der Waals surface area (Å²) in [5, 5.41) is 3.36. The topological polar surface area (TPSA) is 56.8 Å². The van der Waals surface area contributed by atoms with Gasteiger partial charge in [-0.3, -0.25) is 0 Å². The number of aromatic nitrogens is 2. The fraction of sp³-hybridized carbons (Fsp3) is 0.474. The summed E-state index contributed by atoms with van der Waals surface area (Å²) in [4.78, 5) is 15.9. The lowest BCUT2D eigenvalue weighted by Crippen LogP contribution is -2.47. The van der Waals surface area contributed by atoms with Gasteiger partial charge in [0.1, 0.15) is 11.6 Å². The van der Waals surface area contributed by atoms with E-state index in [-0.39, 0.29) is 0 Å². The minimum atomic E-state index is 0.800. The fourth-order valence-corrected chi connectivity index (χ4v) is 2.96. The highest BCUT2D eigenvalue weighted by atomic mass is 16.5. The highest BCUT2D eigenvalue weighted by Crippen LogP contribution is 2.21. The first-order chi connectivity index (χ1) is 12.7. The molecule has 0 aliphatic carbocycles. The standard InChI is InChI=1S/C19H28N6O/c1-23(2)11-10-20-18-8-9-21-19(22-18)25-14-12-24(13-15-25)16-4-6-17(26-3)7-5-16/h4-9H,10-15H2,1-3H3,(H,20,21,22). The van der Waals surface area contributed by atoms with Crippen molar-refractivity contribution in [3.8, 4) is 5.75 Å². The third-order valence-corrected chi connectivity index (χ3v) is 4.51. The van der Waals surface area contributed by atoms with Gasteiger partial charge < -0.3 is 24.8 Å². The van der Waals surface area contributed by atoms with Crippen molar-refractivity contribution in [2.24, 2.45) is 0 Å². The molecule has 0 bridgehead atoms. The number of nitrogens with one attached hydrogen (secondary N) is 1. The maximum Gasteiger partial charge on any atom is 0.227 e. The summed E-state index contributed by atoms with van der Waals surface area (Å²) >= 11 is 0. The van der Waals surface area contributed by atoms with Crippen LogP contribution in [0.1, 0.15) is 0 Å². The average molecular weight is 356 g/mol. The minimum Gasteiger partial charge on any atom is -0.497 e. The molecule has 2 heterocycles. The van der Waals surface area contributed by atoms with Crippen molar-refractivity contribution in [2.45, 2.75) is 0 Å². The van der Waals surface area contributed by atoms with Gasteiger partial charge in [0, 0.05) is 51.2 Å². The van der Waals surface area contributed by atoms with E-state index in [2.05, 4.69) is 56.2 Å². The second-order valence-corrected chi connectivity index (χ2v) is 6.64. The van der Waals surface area contributed by atoms with Gasteiger partial charge in [-0.05, 0) is 44.4 Å². The number of ether oxygens (including phenoxy) is 1. The molecule has 3 rings (SSSR count). The third kappa shape index (κ3) is 4.76. The van der Waals surface area contributed by atoms with Crippen LogP contribution in [0, 0.1) is 0 Å². The van der Waals surface area contributed by atoms with Crippen molar-refractivity contribution in [2.75, 3.05) is 75.6 Å². The van der Waals surface area contributed by atoms with Crippen molar-refractivity contribution < 1.29 is 4.74 Å². The molecule has 140 valence electrons. The van der Waals surface area contributed by atoms with Gasteiger partial charge in [-0.1, -0.05) is 0 Å². The van der Waals surface area contributed by atoms with Gasteiger partial charge in [0.25, 0.3) is 0 Å². The van der Waals surface area contributed by atoms with Gasteiger partial charge in [0.05, 0.1) is 7.11 Å². The van der Waals surface area contributed by atoms with Crippen molar-refractivity contribution in [3.63, 3.8) is 0 Å². The molecule has 1 aliphatic heterocycles. The molecule has 7 heteroatoms. The lowest BCUT2D eigenvalue weighted by atomic mass is 10.2. The van der Waals surface area contributed by atoms with Crippen LogP contribution in [0.15, 0.2) is 36.5 Å². The lowest BCUT2D eigenvalue weighted by molar-refractivity contribution is 0.415. The number of hydrogen-bond donors (Lipinski definition) is 1. The summed E-state index contributed by atoms with van der Waals surface area (Å²) in [7, 11) is 5.82. The molecule has 2 aromatic rings. The molecule has 1 aromatic carbocycles. The first-order valence-corrected chi connectivity index (χ1v) is 9.01. The molecule has 26 heavy (non-hydrogen) atoms. The summed E-state index contributed by atoms with van der Waals surface area (Å²) in [5.41, 5.74) is 1.23. The number of likely N-dealkylation sites (N-methyl/N-ethyl adjacent to an activating group) is 1. The van der Waals surface area contributed by atoms with Crippen LogP contribution < -0.4 is 19.9 Å². The maximum absolute atomic E-state index is 5.23. The average Bonchev–Trinajstić information content (AvgIpc) is 2.68. The van der Waals surface area contributed by atoms with Gasteiger partial charge >= 0.3 is 0 Å². The van der Waals surface area contributed by atoms with Gasteiger partial charge in [0.2, 0.25) is 5.95 Å². The Morgan fingerprint density at radius 1 is 1.04 bits per heavy atom. The van der Waals surface area contributed by atoms with Crippen LogP contribution >= 0.6 is 0 Å². The highest BCUT2D eigenvalue weighted by molar-refractivity contribution is 5.51. The molecule has 7 nitrogen and oxygen atoms in total. The second-order valence-electron chi connectivity index (χ2n) is 6.64. The van der Waals surface area contributed by atoms with Crippen LogP contribution in [0.25, 0.3) is 0 Å². The molecule has 1 aliphatic rings. The predicted octanol–water partition coefficient (Wildman–Crippen LogP) is 1.79. The van der Waals surface area contributed by atoms with Gasteiger partial charge in [0.15, 0.2) is 0 Å². The normalized spacial score (nSPS) is 14.6. The van der Waals surface area contributed by atoms with Crippen LogP contribution in [0.2, 0.25) is 0 Å². The van der Waals surface area contributed by atoms with E-state index >= 15 is 0 Å². The quantitative estimate of drug-likeness (QED) is 0.811. The molecule has 0 saturated carbocycles. The second kappa shape index (κ2) is 8.71. The van der Waals surface area contributed by atoms with Crippen molar-refractivity contribution in [1.29, 1.82) is 0 Å². The number of rotatable bonds is 7. The number of nitrogens with zero attached hydrogens (tertiary/aromatic N) is 5. The zero-order valence-corrected chi connectivity index (χ0v) is 15.9. The number of methoxy groups -OCH3 is 1. The summed E-state index contributed by atoms with van der Waals surface area (Å²) in [5.74, 6) is 2.57. The Labute approximate surface area is 155 Å². The summed E-state index contributed by atoms with van der Waals surface area (Å²) in [6, 6.07) is 10.2. The molecule has 1 N–H and O–H groups in total. The van der Waals surface area contributed by atoms with Crippen LogP contribution in [-0.2, 0) is 0 Å². The molecule has 1 saturated heterocycles. The monoisotopic (exact) mass is 356 g/mol. The van der Waals surface area contributed by atoms with Gasteiger partial charge in [-0.15, -0.1) is 0 Å². The van der Waals surface area contributed by atoms with Crippen LogP contribution in [0.3, 0.4) is 0 Å². The Balaban J connectivity index is 1.55. The zero-order chi connectivity index (χ0) is 18.4. The van der Waals surface area contributed by atoms with Gasteiger partial charge in [-0.25, -0.2) is 4.98 Å². The summed E-state index contributed by atoms with van der Waals surface area (Å²) < 4.78 is 5.23. The van der Waals surface area contributed by atoms with Crippen LogP contribution in [-0.4, -0.2) is 75.3 Å². The Morgan fingerprint density at radius 3 is 2.38 bits per heavy atom. The largest absolute Gasteiger partial charge is 0.497 e. The van der Waals surface area contributed by atoms with Gasteiger partial charge in [-0.2, -0.15) is 4.98 Å². The molecular weight excluding hydrogens is 328 g/mol. The number of piperazine rings is 1. The first-order valence-electron chi connectivity index (χ1n) is 9.01. The SMILES string of the molecule is COc1ccc(N2CCN(c3nccc(NCCN(C)C)n3)CC2)cc1. The van der Waals surface area contributed by atoms with E-state index < -0.39 is 0 Å². The molecular formula is C19H28N6O. The molecule has 1 fully saturated rings. The molecule has 0 atom stereocenters. The number of benzene rings is 1. The van der Waals surface area contributed by atoms with E-state index in [9.17, 15) is 0 Å². The van der Waals surface area contributed by atoms with Crippen LogP contribution in [0.4, 0.5) is 17.5 Å². The molecule has 0 spiro atoms.